The van der Waals surface area contributed by atoms with E-state index in [1.54, 1.807) is 6.07 Å². The molecule has 1 saturated heterocycles. The van der Waals surface area contributed by atoms with Gasteiger partial charge in [0.15, 0.2) is 0 Å². The van der Waals surface area contributed by atoms with Crippen LogP contribution in [0.5, 0.6) is 0 Å². The van der Waals surface area contributed by atoms with Gasteiger partial charge in [-0.3, -0.25) is 4.79 Å². The summed E-state index contributed by atoms with van der Waals surface area (Å²) in [5.74, 6) is -0.109. The van der Waals surface area contributed by atoms with Crippen LogP contribution >= 0.6 is 0 Å². The van der Waals surface area contributed by atoms with Crippen LogP contribution in [0.2, 0.25) is 0 Å². The molecule has 0 atom stereocenters. The van der Waals surface area contributed by atoms with E-state index in [1.165, 1.54) is 6.07 Å². The predicted molar refractivity (Wildman–Crippen MR) is 90.4 cm³/mol. The maximum absolute atomic E-state index is 14.7. The number of benzene rings is 1. The van der Waals surface area contributed by atoms with E-state index in [-0.39, 0.29) is 17.1 Å². The maximum atomic E-state index is 14.7. The fraction of sp³-hybridized carbons (Fsp3) is 0.632. The molecule has 2 aliphatic heterocycles. The van der Waals surface area contributed by atoms with Gasteiger partial charge < -0.3 is 15.4 Å². The first-order valence-electron chi connectivity index (χ1n) is 9.01. The highest BCUT2D eigenvalue weighted by atomic mass is 19.1. The molecule has 24 heavy (non-hydrogen) atoms. The highest BCUT2D eigenvalue weighted by molar-refractivity contribution is 6.00. The SMILES string of the molecule is NCC1(C(=O)N2CC3(CCCC3)c3c(F)cccc32)CCOCC1. The number of anilines is 1. The second kappa shape index (κ2) is 5.81. The number of rotatable bonds is 2. The van der Waals surface area contributed by atoms with Gasteiger partial charge >= 0.3 is 0 Å². The lowest BCUT2D eigenvalue weighted by molar-refractivity contribution is -0.133. The average Bonchev–Trinajstić information content (AvgIpc) is 3.21. The number of carbonyl (C=O) groups is 1. The van der Waals surface area contributed by atoms with Gasteiger partial charge in [-0.25, -0.2) is 4.39 Å². The second-order valence-electron chi connectivity index (χ2n) is 7.61. The number of fused-ring (bicyclic) bond motifs is 2. The summed E-state index contributed by atoms with van der Waals surface area (Å²) >= 11 is 0. The topological polar surface area (TPSA) is 55.6 Å². The molecule has 1 aromatic carbocycles. The van der Waals surface area contributed by atoms with Crippen LogP contribution in [0.15, 0.2) is 18.2 Å². The summed E-state index contributed by atoms with van der Waals surface area (Å²) in [6, 6.07) is 5.13. The Morgan fingerprint density at radius 3 is 2.58 bits per heavy atom. The molecule has 0 aromatic heterocycles. The largest absolute Gasteiger partial charge is 0.381 e. The number of amides is 1. The van der Waals surface area contributed by atoms with E-state index < -0.39 is 5.41 Å². The Morgan fingerprint density at radius 2 is 1.92 bits per heavy atom. The molecule has 1 amide bonds. The number of ether oxygens (including phenoxy) is 1. The molecule has 1 aromatic rings. The third kappa shape index (κ3) is 2.21. The molecule has 130 valence electrons. The minimum Gasteiger partial charge on any atom is -0.381 e. The van der Waals surface area contributed by atoms with E-state index >= 15 is 0 Å². The van der Waals surface area contributed by atoms with Crippen LogP contribution < -0.4 is 10.6 Å². The summed E-state index contributed by atoms with van der Waals surface area (Å²) in [7, 11) is 0. The third-order valence-corrected chi connectivity index (χ3v) is 6.37. The van der Waals surface area contributed by atoms with E-state index in [9.17, 15) is 9.18 Å². The Hall–Kier alpha value is -1.46. The van der Waals surface area contributed by atoms with Crippen molar-refractivity contribution in [3.63, 3.8) is 0 Å². The molecule has 1 spiro atoms. The zero-order chi connectivity index (χ0) is 16.8. The number of nitrogens with zero attached hydrogens (tertiary/aromatic N) is 1. The van der Waals surface area contributed by atoms with E-state index in [4.69, 9.17) is 10.5 Å². The number of carbonyl (C=O) groups excluding carboxylic acids is 1. The molecule has 0 bridgehead atoms. The Balaban J connectivity index is 1.75. The Kier molecular flexibility index (Phi) is 3.88. The van der Waals surface area contributed by atoms with Gasteiger partial charge in [-0.2, -0.15) is 0 Å². The van der Waals surface area contributed by atoms with E-state index in [2.05, 4.69) is 0 Å². The number of hydrogen-bond donors (Lipinski definition) is 1. The van der Waals surface area contributed by atoms with Gasteiger partial charge in [-0.15, -0.1) is 0 Å². The molecule has 2 fully saturated rings. The normalized spacial score (nSPS) is 24.3. The standard InChI is InChI=1S/C19H25FN2O2/c20-14-4-3-5-15-16(14)19(6-1-2-7-19)13-22(15)17(23)18(12-21)8-10-24-11-9-18/h3-5H,1-2,6-13,21H2. The van der Waals surface area contributed by atoms with E-state index in [1.807, 2.05) is 11.0 Å². The maximum Gasteiger partial charge on any atom is 0.234 e. The Bertz CT molecular complexity index is 649. The van der Waals surface area contributed by atoms with Gasteiger partial charge in [-0.05, 0) is 37.8 Å². The van der Waals surface area contributed by atoms with Crippen molar-refractivity contribution in [2.24, 2.45) is 11.1 Å². The monoisotopic (exact) mass is 332 g/mol. The van der Waals surface area contributed by atoms with Gasteiger partial charge in [0, 0.05) is 37.3 Å². The smallest absolute Gasteiger partial charge is 0.234 e. The Labute approximate surface area is 142 Å². The summed E-state index contributed by atoms with van der Waals surface area (Å²) < 4.78 is 20.1. The van der Waals surface area contributed by atoms with E-state index in [0.717, 1.165) is 36.9 Å². The second-order valence-corrected chi connectivity index (χ2v) is 7.61. The fourth-order valence-corrected chi connectivity index (χ4v) is 4.92. The first kappa shape index (κ1) is 16.0. The molecule has 1 aliphatic carbocycles. The molecule has 1 saturated carbocycles. The summed E-state index contributed by atoms with van der Waals surface area (Å²) in [4.78, 5) is 15.3. The van der Waals surface area contributed by atoms with Gasteiger partial charge in [0.2, 0.25) is 5.91 Å². The van der Waals surface area contributed by atoms with Crippen molar-refractivity contribution in [1.82, 2.24) is 0 Å². The van der Waals surface area contributed by atoms with Gasteiger partial charge in [0.05, 0.1) is 11.1 Å². The minimum absolute atomic E-state index is 0.0592. The molecule has 3 aliphatic rings. The van der Waals surface area contributed by atoms with Crippen molar-refractivity contribution in [3.05, 3.63) is 29.6 Å². The lowest BCUT2D eigenvalue weighted by Crippen LogP contribution is -2.51. The van der Waals surface area contributed by atoms with Crippen LogP contribution in [-0.2, 0) is 14.9 Å². The van der Waals surface area contributed by atoms with Gasteiger partial charge in [0.25, 0.3) is 0 Å². The summed E-state index contributed by atoms with van der Waals surface area (Å²) in [5, 5.41) is 0. The van der Waals surface area contributed by atoms with Crippen molar-refractivity contribution < 1.29 is 13.9 Å². The van der Waals surface area contributed by atoms with Crippen molar-refractivity contribution in [2.75, 3.05) is 31.2 Å². The van der Waals surface area contributed by atoms with Crippen LogP contribution in [0.25, 0.3) is 0 Å². The third-order valence-electron chi connectivity index (χ3n) is 6.37. The summed E-state index contributed by atoms with van der Waals surface area (Å²) in [6.45, 7) is 2.06. The van der Waals surface area contributed by atoms with Crippen molar-refractivity contribution in [3.8, 4) is 0 Å². The lowest BCUT2D eigenvalue weighted by Gasteiger charge is -2.38. The highest BCUT2D eigenvalue weighted by Gasteiger charge is 2.51. The van der Waals surface area contributed by atoms with Crippen molar-refractivity contribution >= 4 is 11.6 Å². The van der Waals surface area contributed by atoms with Crippen LogP contribution in [0.1, 0.15) is 44.1 Å². The summed E-state index contributed by atoms with van der Waals surface area (Å²) in [6.07, 6.45) is 5.43. The Morgan fingerprint density at radius 1 is 1.21 bits per heavy atom. The van der Waals surface area contributed by atoms with Crippen LogP contribution in [0, 0.1) is 11.2 Å². The first-order valence-corrected chi connectivity index (χ1v) is 9.01. The lowest BCUT2D eigenvalue weighted by atomic mass is 9.78. The van der Waals surface area contributed by atoms with Crippen LogP contribution in [0.3, 0.4) is 0 Å². The molecule has 0 radical (unpaired) electrons. The average molecular weight is 332 g/mol. The van der Waals surface area contributed by atoms with Crippen molar-refractivity contribution in [2.45, 2.75) is 43.9 Å². The predicted octanol–water partition coefficient (Wildman–Crippen LogP) is 2.74. The molecule has 2 N–H and O–H groups in total. The van der Waals surface area contributed by atoms with Crippen LogP contribution in [-0.4, -0.2) is 32.2 Å². The quantitative estimate of drug-likeness (QED) is 0.906. The highest BCUT2D eigenvalue weighted by Crippen LogP contribution is 2.52. The molecule has 5 heteroatoms. The number of hydrogen-bond acceptors (Lipinski definition) is 3. The first-order chi connectivity index (χ1) is 11.6. The molecule has 4 rings (SSSR count). The minimum atomic E-state index is -0.564. The zero-order valence-electron chi connectivity index (χ0n) is 14.0. The number of nitrogens with two attached hydrogens (primary N) is 1. The summed E-state index contributed by atoms with van der Waals surface area (Å²) in [5.41, 5.74) is 6.79. The van der Waals surface area contributed by atoms with Gasteiger partial charge in [0.1, 0.15) is 5.82 Å². The van der Waals surface area contributed by atoms with E-state index in [0.29, 0.717) is 39.1 Å². The molecule has 0 unspecified atom stereocenters. The zero-order valence-corrected chi connectivity index (χ0v) is 14.0. The fourth-order valence-electron chi connectivity index (χ4n) is 4.92. The van der Waals surface area contributed by atoms with Crippen LogP contribution in [0.4, 0.5) is 10.1 Å². The van der Waals surface area contributed by atoms with Gasteiger partial charge in [-0.1, -0.05) is 18.9 Å². The molecule has 4 nitrogen and oxygen atoms in total. The molecular formula is C19H25FN2O2. The molecule has 2 heterocycles. The molecular weight excluding hydrogens is 307 g/mol. The number of halogens is 1. The van der Waals surface area contributed by atoms with Crippen molar-refractivity contribution in [1.29, 1.82) is 0 Å².